The van der Waals surface area contributed by atoms with Crippen LogP contribution >= 0.6 is 11.3 Å². The van der Waals surface area contributed by atoms with Gasteiger partial charge in [0.25, 0.3) is 0 Å². The third kappa shape index (κ3) is 3.99. The molecule has 0 bridgehead atoms. The van der Waals surface area contributed by atoms with Gasteiger partial charge in [0.15, 0.2) is 5.75 Å². The Morgan fingerprint density at radius 3 is 2.27 bits per heavy atom. The number of carboxylic acid groups (broad SMARTS) is 1. The van der Waals surface area contributed by atoms with Crippen molar-refractivity contribution >= 4 is 33.5 Å². The van der Waals surface area contributed by atoms with Gasteiger partial charge in [-0.3, -0.25) is 0 Å². The van der Waals surface area contributed by atoms with Crippen molar-refractivity contribution in [2.75, 3.05) is 0 Å². The van der Waals surface area contributed by atoms with Crippen molar-refractivity contribution < 1.29 is 24.9 Å². The molecule has 0 atom stereocenters. The van der Waals surface area contributed by atoms with Crippen molar-refractivity contribution in [3.63, 3.8) is 0 Å². The fourth-order valence-corrected chi connectivity index (χ4v) is 4.20. The minimum atomic E-state index is -0.957. The lowest BCUT2D eigenvalue weighted by atomic mass is 10.1. The van der Waals surface area contributed by atoms with E-state index in [0.717, 1.165) is 26.1 Å². The Bertz CT molecular complexity index is 1250. The second kappa shape index (κ2) is 7.93. The van der Waals surface area contributed by atoms with Crippen molar-refractivity contribution in [2.24, 2.45) is 0 Å². The number of benzene rings is 3. The van der Waals surface area contributed by atoms with Crippen molar-refractivity contribution in [3.8, 4) is 33.4 Å². The molecule has 4 rings (SSSR count). The molecule has 6 heteroatoms. The fourth-order valence-electron chi connectivity index (χ4n) is 3.03. The number of phenols is 2. The van der Waals surface area contributed by atoms with Crippen molar-refractivity contribution in [1.29, 1.82) is 0 Å². The molecular formula is C24H18O5S. The molecule has 0 aliphatic rings. The first-order valence-corrected chi connectivity index (χ1v) is 9.97. The summed E-state index contributed by atoms with van der Waals surface area (Å²) in [5.41, 5.74) is 1.91. The number of fused-ring (bicyclic) bond motifs is 1. The van der Waals surface area contributed by atoms with Crippen molar-refractivity contribution in [1.82, 2.24) is 0 Å². The number of phenolic OH excluding ortho intramolecular Hbond substituents is 2. The van der Waals surface area contributed by atoms with E-state index in [1.165, 1.54) is 11.3 Å². The van der Waals surface area contributed by atoms with Gasteiger partial charge in [0, 0.05) is 15.7 Å². The third-order valence-electron chi connectivity index (χ3n) is 4.58. The molecule has 0 amide bonds. The molecule has 4 aromatic rings. The van der Waals surface area contributed by atoms with Crippen molar-refractivity contribution in [3.05, 3.63) is 77.9 Å². The maximum atomic E-state index is 11.0. The number of aromatic hydroxyl groups is 2. The molecular weight excluding hydrogens is 400 g/mol. The van der Waals surface area contributed by atoms with Crippen LogP contribution in [0.4, 0.5) is 0 Å². The van der Waals surface area contributed by atoms with E-state index in [2.05, 4.69) is 0 Å². The van der Waals surface area contributed by atoms with E-state index in [0.29, 0.717) is 11.5 Å². The van der Waals surface area contributed by atoms with Crippen LogP contribution in [0.5, 0.6) is 23.0 Å². The zero-order valence-corrected chi connectivity index (χ0v) is 16.8. The first-order valence-electron chi connectivity index (χ1n) is 9.15. The zero-order valence-electron chi connectivity index (χ0n) is 16.0. The average Bonchev–Trinajstić information content (AvgIpc) is 3.07. The van der Waals surface area contributed by atoms with E-state index < -0.39 is 5.97 Å². The Kier molecular flexibility index (Phi) is 5.16. The number of hydrogen-bond donors (Lipinski definition) is 3. The van der Waals surface area contributed by atoms with Gasteiger partial charge in [0.2, 0.25) is 0 Å². The van der Waals surface area contributed by atoms with Crippen LogP contribution < -0.4 is 4.74 Å². The first kappa shape index (κ1) is 19.5. The van der Waals surface area contributed by atoms with Crippen LogP contribution in [0.15, 0.2) is 72.3 Å². The second-order valence-electron chi connectivity index (χ2n) is 6.79. The number of ether oxygens (including phenoxy) is 1. The molecule has 3 N–H and O–H groups in total. The Morgan fingerprint density at radius 1 is 0.933 bits per heavy atom. The summed E-state index contributed by atoms with van der Waals surface area (Å²) in [5.74, 6) is 0.665. The predicted molar refractivity (Wildman–Crippen MR) is 118 cm³/mol. The van der Waals surface area contributed by atoms with E-state index in [-0.39, 0.29) is 17.1 Å². The van der Waals surface area contributed by atoms with E-state index >= 15 is 0 Å². The van der Waals surface area contributed by atoms with Crippen LogP contribution in [0.2, 0.25) is 0 Å². The summed E-state index contributed by atoms with van der Waals surface area (Å²) in [6, 6.07) is 19.1. The van der Waals surface area contributed by atoms with Crippen LogP contribution in [-0.2, 0) is 4.79 Å². The Hall–Kier alpha value is -3.77. The summed E-state index contributed by atoms with van der Waals surface area (Å²) < 4.78 is 7.10. The number of carbonyl (C=O) groups is 1. The lowest BCUT2D eigenvalue weighted by molar-refractivity contribution is -0.132. The molecule has 0 fully saturated rings. The Morgan fingerprint density at radius 2 is 1.60 bits per heavy atom. The lowest BCUT2D eigenvalue weighted by Crippen LogP contribution is -1.95. The van der Waals surface area contributed by atoms with E-state index in [4.69, 9.17) is 9.84 Å². The molecule has 0 radical (unpaired) electrons. The summed E-state index contributed by atoms with van der Waals surface area (Å²) in [6.07, 6.45) is 1.59. The number of hydrogen-bond acceptors (Lipinski definition) is 5. The summed E-state index contributed by atoms with van der Waals surface area (Å²) in [7, 11) is 0. The highest BCUT2D eigenvalue weighted by atomic mass is 32.1. The quantitative estimate of drug-likeness (QED) is 0.333. The van der Waals surface area contributed by atoms with Crippen molar-refractivity contribution in [2.45, 2.75) is 6.92 Å². The minimum absolute atomic E-state index is 0.178. The van der Waals surface area contributed by atoms with Gasteiger partial charge in [-0.2, -0.15) is 0 Å². The van der Waals surface area contributed by atoms with E-state index in [1.54, 1.807) is 61.5 Å². The van der Waals surface area contributed by atoms with Crippen LogP contribution in [0.3, 0.4) is 0 Å². The van der Waals surface area contributed by atoms with Gasteiger partial charge in [0.1, 0.15) is 17.2 Å². The van der Waals surface area contributed by atoms with Crippen LogP contribution in [0.1, 0.15) is 12.5 Å². The van der Waals surface area contributed by atoms with Crippen LogP contribution in [0.25, 0.3) is 26.6 Å². The first-order chi connectivity index (χ1) is 14.4. The second-order valence-corrected chi connectivity index (χ2v) is 7.84. The molecule has 0 saturated carbocycles. The highest BCUT2D eigenvalue weighted by molar-refractivity contribution is 7.22. The molecule has 0 spiro atoms. The molecule has 0 aliphatic heterocycles. The number of thiophene rings is 1. The monoisotopic (exact) mass is 418 g/mol. The molecule has 30 heavy (non-hydrogen) atoms. The van der Waals surface area contributed by atoms with Gasteiger partial charge in [-0.1, -0.05) is 12.1 Å². The maximum Gasteiger partial charge on any atom is 0.331 e. The van der Waals surface area contributed by atoms with Crippen LogP contribution in [-0.4, -0.2) is 21.3 Å². The molecule has 150 valence electrons. The predicted octanol–water partition coefficient (Wildman–Crippen LogP) is 6.26. The highest BCUT2D eigenvalue weighted by Gasteiger charge is 2.17. The SMILES string of the molecule is CC(=Cc1ccc(Oc2c(-c3ccc(O)cc3)sc3cc(O)ccc23)cc1)C(=O)O. The fraction of sp³-hybridized carbons (Fsp3) is 0.0417. The lowest BCUT2D eigenvalue weighted by Gasteiger charge is -2.09. The number of aliphatic carboxylic acids is 1. The van der Waals surface area contributed by atoms with E-state index in [9.17, 15) is 15.0 Å². The van der Waals surface area contributed by atoms with Gasteiger partial charge >= 0.3 is 5.97 Å². The largest absolute Gasteiger partial charge is 0.508 e. The smallest absolute Gasteiger partial charge is 0.331 e. The van der Waals surface area contributed by atoms with Gasteiger partial charge in [-0.15, -0.1) is 11.3 Å². The number of carboxylic acids is 1. The third-order valence-corrected chi connectivity index (χ3v) is 5.76. The molecule has 0 unspecified atom stereocenters. The molecule has 1 heterocycles. The van der Waals surface area contributed by atoms with E-state index in [1.807, 2.05) is 18.2 Å². The molecule has 0 saturated heterocycles. The number of rotatable bonds is 5. The van der Waals surface area contributed by atoms with Gasteiger partial charge in [0.05, 0.1) is 4.88 Å². The molecule has 5 nitrogen and oxygen atoms in total. The summed E-state index contributed by atoms with van der Waals surface area (Å²) in [4.78, 5) is 11.9. The molecule has 0 aliphatic carbocycles. The average molecular weight is 418 g/mol. The van der Waals surface area contributed by atoms with Gasteiger partial charge < -0.3 is 20.1 Å². The van der Waals surface area contributed by atoms with Crippen LogP contribution in [0, 0.1) is 0 Å². The topological polar surface area (TPSA) is 87.0 Å². The zero-order chi connectivity index (χ0) is 21.3. The summed E-state index contributed by atoms with van der Waals surface area (Å²) >= 11 is 1.49. The van der Waals surface area contributed by atoms with Gasteiger partial charge in [-0.25, -0.2) is 4.79 Å². The van der Waals surface area contributed by atoms with Gasteiger partial charge in [-0.05, 0) is 78.7 Å². The molecule has 1 aromatic heterocycles. The maximum absolute atomic E-state index is 11.0. The summed E-state index contributed by atoms with van der Waals surface area (Å²) in [6.45, 7) is 1.55. The standard InChI is InChI=1S/C24H18O5S/c1-14(24(27)28)12-15-2-9-19(10-3-15)29-22-20-11-8-18(26)13-21(20)30-23(22)16-4-6-17(25)7-5-16/h2-13,25-26H,1H3,(H,27,28). The molecule has 3 aromatic carbocycles. The summed E-state index contributed by atoms with van der Waals surface area (Å²) in [5, 5.41) is 29.3. The Balaban J connectivity index is 1.74. The minimum Gasteiger partial charge on any atom is -0.508 e. The normalized spacial score (nSPS) is 11.6. The highest BCUT2D eigenvalue weighted by Crippen LogP contribution is 2.47. The Labute approximate surface area is 176 Å².